The molecule has 1 amide bonds. The molecule has 2 aliphatic rings. The number of hydrogen-bond acceptors (Lipinski definition) is 21. The van der Waals surface area contributed by atoms with Gasteiger partial charge in [0.2, 0.25) is 29.3 Å². The van der Waals surface area contributed by atoms with Crippen LogP contribution < -0.4 is 54.6 Å². The van der Waals surface area contributed by atoms with E-state index in [4.69, 9.17) is 54.1 Å². The topological polar surface area (TPSA) is 288 Å². The zero-order valence-electron chi connectivity index (χ0n) is 44.5. The van der Waals surface area contributed by atoms with Gasteiger partial charge in [0.15, 0.2) is 46.1 Å². The van der Waals surface area contributed by atoms with Crippen LogP contribution in [0.2, 0.25) is 0 Å². The Balaban J connectivity index is 0.840. The van der Waals surface area contributed by atoms with E-state index in [0.29, 0.717) is 124 Å². The summed E-state index contributed by atoms with van der Waals surface area (Å²) in [6.07, 6.45) is 12.2. The number of anilines is 6. The zero-order chi connectivity index (χ0) is 55.8. The molecule has 414 valence electrons. The number of pyridine rings is 1. The quantitative estimate of drug-likeness (QED) is 0.0701. The standard InChI is InChI=1S/C54H57N15O10S/c1-74-40-22-33(23-41(75-2)47(40)78-5)65-26-44(57-29-65)60-53-59-37-9-7-17-56-46(37)52(64-53)68-19-15-32(39(68)28-70)21-31-11-13-35(14-12-31)80(72,73)69-20-16-36-50(67-18-8-10-38(67)49(55)71)62-54(63-51(36)69)61-45-27-66(30-58-45)34-24-42(76-3)48(79-6)43(25-34)77-4/h7,9,11-14,16-17,20,22-27,29-30,32,38-39,70H,8,10,15,18-19,21,28H2,1-6H3,(H2,55,71)(H,59,60,64)(H,61,62,63)/t32?,38-,39+/m0/s1. The Morgan fingerprint density at radius 1 is 0.700 bits per heavy atom. The van der Waals surface area contributed by atoms with Crippen molar-refractivity contribution in [2.75, 3.05) is 82.8 Å². The van der Waals surface area contributed by atoms with E-state index >= 15 is 0 Å². The summed E-state index contributed by atoms with van der Waals surface area (Å²) in [7, 11) is 4.96. The minimum absolute atomic E-state index is 0.0206. The first-order valence-electron chi connectivity index (χ1n) is 25.4. The lowest BCUT2D eigenvalue weighted by atomic mass is 9.93. The molecule has 6 aromatic heterocycles. The number of nitrogens with zero attached hydrogens (tertiary/aromatic N) is 12. The molecule has 0 bridgehead atoms. The molecule has 9 aromatic rings. The van der Waals surface area contributed by atoms with E-state index in [1.807, 2.05) is 18.2 Å². The number of primary amides is 1. The molecule has 3 atom stereocenters. The Morgan fingerprint density at radius 2 is 1.29 bits per heavy atom. The van der Waals surface area contributed by atoms with Gasteiger partial charge in [-0.25, -0.2) is 27.3 Å². The van der Waals surface area contributed by atoms with E-state index in [-0.39, 0.29) is 41.0 Å². The van der Waals surface area contributed by atoms with E-state index in [0.717, 1.165) is 9.54 Å². The first-order chi connectivity index (χ1) is 38.9. The highest BCUT2D eigenvalue weighted by Crippen LogP contribution is 2.42. The molecule has 1 unspecified atom stereocenters. The summed E-state index contributed by atoms with van der Waals surface area (Å²) in [4.78, 5) is 49.6. The van der Waals surface area contributed by atoms with Gasteiger partial charge in [0, 0.05) is 49.7 Å². The highest BCUT2D eigenvalue weighted by atomic mass is 32.2. The van der Waals surface area contributed by atoms with Crippen molar-refractivity contribution in [1.82, 2.24) is 48.0 Å². The van der Waals surface area contributed by atoms with Crippen LogP contribution in [-0.4, -0.2) is 142 Å². The van der Waals surface area contributed by atoms with Crippen LogP contribution in [0.1, 0.15) is 24.8 Å². The van der Waals surface area contributed by atoms with Crippen molar-refractivity contribution in [1.29, 1.82) is 0 Å². The number of amides is 1. The van der Waals surface area contributed by atoms with Gasteiger partial charge >= 0.3 is 0 Å². The second kappa shape index (κ2) is 21.8. The van der Waals surface area contributed by atoms with Gasteiger partial charge in [-0.15, -0.1) is 0 Å². The number of fused-ring (bicyclic) bond motifs is 2. The molecule has 0 aliphatic carbocycles. The lowest BCUT2D eigenvalue weighted by Gasteiger charge is -2.28. The second-order valence-electron chi connectivity index (χ2n) is 18.9. The molecule has 5 N–H and O–H groups in total. The molecule has 11 rings (SSSR count). The molecule has 0 radical (unpaired) electrons. The zero-order valence-corrected chi connectivity index (χ0v) is 45.3. The molecular formula is C54H57N15O10S. The third-order valence-corrected chi connectivity index (χ3v) is 16.1. The second-order valence-corrected chi connectivity index (χ2v) is 20.7. The van der Waals surface area contributed by atoms with Crippen LogP contribution in [-0.2, 0) is 21.2 Å². The summed E-state index contributed by atoms with van der Waals surface area (Å²) < 4.78 is 67.2. The third-order valence-electron chi connectivity index (χ3n) is 14.4. The fraction of sp³-hybridized carbons (Fsp3) is 0.296. The van der Waals surface area contributed by atoms with Crippen LogP contribution >= 0.6 is 0 Å². The molecule has 3 aromatic carbocycles. The van der Waals surface area contributed by atoms with Crippen molar-refractivity contribution in [3.63, 3.8) is 0 Å². The number of aliphatic hydroxyl groups excluding tert-OH is 1. The smallest absolute Gasteiger partial charge is 0.269 e. The SMILES string of the molecule is COc1cc(-n2cnc(Nc3nc(N4CCC(Cc5ccc(S(=O)(=O)n6ccc7c(N8CCC[C@H]8C(N)=O)nc(Nc8cn(-c9cc(OC)c(OC)c(OC)c9)cn8)nc76)cc5)[C@H]4CO)c4ncccc4n3)c2)cc(OC)c1OC. The van der Waals surface area contributed by atoms with E-state index in [1.54, 1.807) is 115 Å². The fourth-order valence-corrected chi connectivity index (χ4v) is 11.9. The lowest BCUT2D eigenvalue weighted by molar-refractivity contribution is -0.119. The Hall–Kier alpha value is -9.43. The number of aliphatic hydroxyl groups is 1. The van der Waals surface area contributed by atoms with Crippen LogP contribution in [0, 0.1) is 5.92 Å². The normalized spacial score (nSPS) is 16.3. The maximum absolute atomic E-state index is 14.7. The largest absolute Gasteiger partial charge is 0.493 e. The summed E-state index contributed by atoms with van der Waals surface area (Å²) >= 11 is 0. The van der Waals surface area contributed by atoms with Crippen LogP contribution in [0.25, 0.3) is 33.4 Å². The number of nitrogens with two attached hydrogens (primary N) is 1. The van der Waals surface area contributed by atoms with Gasteiger partial charge in [0.25, 0.3) is 10.0 Å². The first kappa shape index (κ1) is 52.6. The number of benzene rings is 3. The summed E-state index contributed by atoms with van der Waals surface area (Å²) in [6, 6.07) is 18.1. The molecule has 2 aliphatic heterocycles. The van der Waals surface area contributed by atoms with Crippen molar-refractivity contribution in [3.05, 3.63) is 110 Å². The highest BCUT2D eigenvalue weighted by molar-refractivity contribution is 7.90. The minimum Gasteiger partial charge on any atom is -0.493 e. The Kier molecular flexibility index (Phi) is 14.3. The van der Waals surface area contributed by atoms with Crippen LogP contribution in [0.15, 0.2) is 109 Å². The number of aromatic nitrogens is 10. The van der Waals surface area contributed by atoms with Gasteiger partial charge in [-0.1, -0.05) is 12.1 Å². The van der Waals surface area contributed by atoms with E-state index in [2.05, 4.69) is 30.5 Å². The van der Waals surface area contributed by atoms with E-state index < -0.39 is 22.0 Å². The Labute approximate surface area is 458 Å². The minimum atomic E-state index is -4.27. The summed E-state index contributed by atoms with van der Waals surface area (Å²) in [5, 5.41) is 17.8. The summed E-state index contributed by atoms with van der Waals surface area (Å²) in [5.41, 5.74) is 9.36. The molecule has 2 saturated heterocycles. The molecular weight excluding hydrogens is 1050 g/mol. The number of imidazole rings is 2. The average Bonchev–Trinajstić information content (AvgIpc) is 4.42. The first-order valence-corrected chi connectivity index (χ1v) is 26.8. The van der Waals surface area contributed by atoms with Gasteiger partial charge in [-0.2, -0.15) is 15.0 Å². The molecule has 0 spiro atoms. The monoisotopic (exact) mass is 1110 g/mol. The van der Waals surface area contributed by atoms with Crippen molar-refractivity contribution in [2.45, 2.75) is 42.7 Å². The fourth-order valence-electron chi connectivity index (χ4n) is 10.6. The van der Waals surface area contributed by atoms with Gasteiger partial charge in [0.05, 0.1) is 94.9 Å². The van der Waals surface area contributed by atoms with Crippen molar-refractivity contribution < 1.29 is 46.7 Å². The molecule has 25 nitrogen and oxygen atoms in total. The van der Waals surface area contributed by atoms with E-state index in [9.17, 15) is 18.3 Å². The Bertz CT molecular complexity index is 3840. The van der Waals surface area contributed by atoms with Crippen molar-refractivity contribution >= 4 is 73.2 Å². The molecule has 26 heteroatoms. The highest BCUT2D eigenvalue weighted by Gasteiger charge is 2.37. The number of rotatable bonds is 20. The number of carbonyl (C=O) groups is 1. The molecule has 2 fully saturated rings. The molecule has 0 saturated carbocycles. The maximum atomic E-state index is 14.7. The number of hydrogen-bond donors (Lipinski definition) is 4. The Morgan fingerprint density at radius 3 is 1.85 bits per heavy atom. The number of nitrogens with one attached hydrogen (secondary N) is 2. The van der Waals surface area contributed by atoms with Gasteiger partial charge < -0.3 is 68.8 Å². The number of methoxy groups -OCH3 is 6. The predicted molar refractivity (Wildman–Crippen MR) is 296 cm³/mol. The summed E-state index contributed by atoms with van der Waals surface area (Å²) in [6.45, 7) is 0.849. The van der Waals surface area contributed by atoms with Crippen LogP contribution in [0.4, 0.5) is 35.2 Å². The van der Waals surface area contributed by atoms with Crippen molar-refractivity contribution in [3.8, 4) is 45.9 Å². The van der Waals surface area contributed by atoms with Crippen molar-refractivity contribution in [2.24, 2.45) is 11.7 Å². The van der Waals surface area contributed by atoms with Gasteiger partial charge in [-0.3, -0.25) is 9.78 Å². The predicted octanol–water partition coefficient (Wildman–Crippen LogP) is 5.80. The van der Waals surface area contributed by atoms with Crippen LogP contribution in [0.5, 0.6) is 34.5 Å². The van der Waals surface area contributed by atoms with Gasteiger partial charge in [-0.05, 0) is 67.5 Å². The maximum Gasteiger partial charge on any atom is 0.269 e. The van der Waals surface area contributed by atoms with E-state index in [1.165, 1.54) is 27.5 Å². The average molecular weight is 1110 g/mol. The lowest BCUT2D eigenvalue weighted by Crippen LogP contribution is -2.40. The summed E-state index contributed by atoms with van der Waals surface area (Å²) in [5.74, 6) is 4.21. The third kappa shape index (κ3) is 9.71. The molecule has 8 heterocycles. The van der Waals surface area contributed by atoms with Gasteiger partial charge in [0.1, 0.15) is 30.0 Å². The number of carbonyl (C=O) groups excluding carboxylic acids is 1. The molecule has 80 heavy (non-hydrogen) atoms. The number of ether oxygens (including phenoxy) is 6. The van der Waals surface area contributed by atoms with Crippen LogP contribution in [0.3, 0.4) is 0 Å².